The Kier molecular flexibility index (Phi) is 8.09. The van der Waals surface area contributed by atoms with Gasteiger partial charge in [0.2, 0.25) is 5.88 Å². The predicted octanol–water partition coefficient (Wildman–Crippen LogP) is 10.5. The summed E-state index contributed by atoms with van der Waals surface area (Å²) in [5.74, 6) is 2.18. The number of hydrogen-bond acceptors (Lipinski definition) is 4. The first-order chi connectivity index (χ1) is 22.5. The van der Waals surface area contributed by atoms with Crippen LogP contribution in [0, 0.1) is 6.07 Å². The third kappa shape index (κ3) is 5.58. The molecule has 0 bridgehead atoms. The Hall–Kier alpha value is -5.25. The molecule has 5 aromatic carbocycles. The molecule has 0 fully saturated rings. The van der Waals surface area contributed by atoms with E-state index in [1.165, 1.54) is 5.56 Å². The molecule has 0 saturated carbocycles. The molecule has 0 aliphatic rings. The molecule has 8 rings (SSSR count). The maximum Gasteiger partial charge on any atom is 0.217 e. The Bertz CT molecular complexity index is 2390. The van der Waals surface area contributed by atoms with E-state index in [1.54, 1.807) is 12.1 Å². The largest absolute Gasteiger partial charge is 0.506 e. The van der Waals surface area contributed by atoms with Gasteiger partial charge in [0.1, 0.15) is 17.1 Å². The number of rotatable bonds is 6. The van der Waals surface area contributed by atoms with Crippen LogP contribution in [0.25, 0.3) is 60.8 Å². The SMILES string of the molecule is CC(C)c1ccc2c3ccc(Oc4ccc5cccc(O)c5n4)[c-]c3n(-c3ncc(-c4ccccc4)cc3-c3ccccc3)c2c1.[Pt]. The summed E-state index contributed by atoms with van der Waals surface area (Å²) in [6.45, 7) is 4.42. The first-order valence-electron chi connectivity index (χ1n) is 15.4. The molecule has 0 saturated heterocycles. The van der Waals surface area contributed by atoms with Gasteiger partial charge in [0.25, 0.3) is 0 Å². The molecule has 0 spiro atoms. The zero-order valence-corrected chi connectivity index (χ0v) is 28.1. The average molecular weight is 792 g/mol. The molecule has 5 nitrogen and oxygen atoms in total. The van der Waals surface area contributed by atoms with Crippen LogP contribution in [0.5, 0.6) is 17.4 Å². The Labute approximate surface area is 287 Å². The van der Waals surface area contributed by atoms with Crippen molar-refractivity contribution >= 4 is 32.7 Å². The number of aromatic nitrogens is 3. The number of aromatic hydroxyl groups is 1. The quantitative estimate of drug-likeness (QED) is 0.170. The van der Waals surface area contributed by atoms with Crippen molar-refractivity contribution in [3.8, 4) is 45.5 Å². The molecule has 3 heterocycles. The van der Waals surface area contributed by atoms with Crippen LogP contribution >= 0.6 is 0 Å². The molecule has 8 aromatic rings. The standard InChI is InChI=1S/C41H30N3O2.Pt/c1-26(2)30-16-19-33-34-20-18-32(46-39-21-17-29-14-9-15-38(45)40(29)43-39)24-37(34)44(36(33)23-30)41-35(28-12-7-4-8-13-28)22-31(25-42-41)27-10-5-3-6-11-27;/h3-23,25-26,45H,1-2H3;/q-1;. The second-order valence-corrected chi connectivity index (χ2v) is 11.8. The minimum absolute atomic E-state index is 0. The molecule has 47 heavy (non-hydrogen) atoms. The summed E-state index contributed by atoms with van der Waals surface area (Å²) in [7, 11) is 0. The summed E-state index contributed by atoms with van der Waals surface area (Å²) in [4.78, 5) is 9.75. The van der Waals surface area contributed by atoms with E-state index < -0.39 is 0 Å². The smallest absolute Gasteiger partial charge is 0.217 e. The third-order valence-corrected chi connectivity index (χ3v) is 8.50. The summed E-state index contributed by atoms with van der Waals surface area (Å²) >= 11 is 0. The van der Waals surface area contributed by atoms with Crippen LogP contribution in [-0.2, 0) is 21.1 Å². The van der Waals surface area contributed by atoms with Gasteiger partial charge in [0, 0.05) is 61.1 Å². The summed E-state index contributed by atoms with van der Waals surface area (Å²) < 4.78 is 8.49. The summed E-state index contributed by atoms with van der Waals surface area (Å²) in [6, 6.07) is 46.3. The van der Waals surface area contributed by atoms with Crippen molar-refractivity contribution in [1.29, 1.82) is 0 Å². The van der Waals surface area contributed by atoms with Gasteiger partial charge in [-0.2, -0.15) is 6.07 Å². The molecule has 0 amide bonds. The van der Waals surface area contributed by atoms with E-state index in [1.807, 2.05) is 54.7 Å². The maximum absolute atomic E-state index is 10.4. The van der Waals surface area contributed by atoms with Crippen LogP contribution in [0.4, 0.5) is 0 Å². The number of fused-ring (bicyclic) bond motifs is 4. The van der Waals surface area contributed by atoms with Gasteiger partial charge in [-0.15, -0.1) is 17.5 Å². The van der Waals surface area contributed by atoms with E-state index in [0.717, 1.165) is 55.3 Å². The minimum atomic E-state index is 0. The van der Waals surface area contributed by atoms with E-state index >= 15 is 0 Å². The molecule has 0 atom stereocenters. The van der Waals surface area contributed by atoms with Gasteiger partial charge in [0.05, 0.1) is 0 Å². The normalized spacial score (nSPS) is 11.3. The number of nitrogens with zero attached hydrogens (tertiary/aromatic N) is 3. The molecule has 1 N–H and O–H groups in total. The zero-order valence-electron chi connectivity index (χ0n) is 25.8. The molecular formula is C41H30N3O2Pt-. The third-order valence-electron chi connectivity index (χ3n) is 8.50. The summed E-state index contributed by atoms with van der Waals surface area (Å²) in [5, 5.41) is 13.4. The van der Waals surface area contributed by atoms with Crippen LogP contribution in [0.1, 0.15) is 25.3 Å². The Morgan fingerprint density at radius 2 is 1.47 bits per heavy atom. The fourth-order valence-electron chi connectivity index (χ4n) is 6.12. The van der Waals surface area contributed by atoms with Crippen molar-refractivity contribution in [2.45, 2.75) is 19.8 Å². The summed E-state index contributed by atoms with van der Waals surface area (Å²) in [5.41, 5.74) is 7.90. The molecule has 6 heteroatoms. The van der Waals surface area contributed by atoms with E-state index in [4.69, 9.17) is 9.72 Å². The van der Waals surface area contributed by atoms with Crippen molar-refractivity contribution in [3.05, 3.63) is 145 Å². The van der Waals surface area contributed by atoms with Crippen LogP contribution in [0.2, 0.25) is 0 Å². The predicted molar refractivity (Wildman–Crippen MR) is 186 cm³/mol. The van der Waals surface area contributed by atoms with E-state index in [-0.39, 0.29) is 26.8 Å². The topological polar surface area (TPSA) is 60.2 Å². The van der Waals surface area contributed by atoms with Crippen LogP contribution in [0.3, 0.4) is 0 Å². The number of phenols is 1. The fourth-order valence-corrected chi connectivity index (χ4v) is 6.12. The number of para-hydroxylation sites is 1. The number of phenolic OH excluding ortho intramolecular Hbond substituents is 1. The maximum atomic E-state index is 10.4. The van der Waals surface area contributed by atoms with E-state index in [9.17, 15) is 5.11 Å². The molecule has 232 valence electrons. The van der Waals surface area contributed by atoms with Gasteiger partial charge in [-0.1, -0.05) is 104 Å². The van der Waals surface area contributed by atoms with Crippen molar-refractivity contribution in [3.63, 3.8) is 0 Å². The Morgan fingerprint density at radius 3 is 2.23 bits per heavy atom. The van der Waals surface area contributed by atoms with Crippen molar-refractivity contribution in [1.82, 2.24) is 14.5 Å². The first kappa shape index (κ1) is 30.4. The van der Waals surface area contributed by atoms with Crippen LogP contribution < -0.4 is 4.74 Å². The molecule has 0 unspecified atom stereocenters. The number of ether oxygens (including phenoxy) is 1. The summed E-state index contributed by atoms with van der Waals surface area (Å²) in [6.07, 6.45) is 1.95. The van der Waals surface area contributed by atoms with Gasteiger partial charge in [0.15, 0.2) is 0 Å². The van der Waals surface area contributed by atoms with Crippen molar-refractivity contribution in [2.24, 2.45) is 0 Å². The average Bonchev–Trinajstić information content (AvgIpc) is 3.42. The Morgan fingerprint density at radius 1 is 0.723 bits per heavy atom. The van der Waals surface area contributed by atoms with E-state index in [2.05, 4.69) is 96.2 Å². The van der Waals surface area contributed by atoms with Gasteiger partial charge in [-0.3, -0.25) is 0 Å². The Balaban J connectivity index is 0.00000351. The molecule has 0 aliphatic carbocycles. The van der Waals surface area contributed by atoms with E-state index in [0.29, 0.717) is 23.1 Å². The van der Waals surface area contributed by atoms with Crippen molar-refractivity contribution in [2.75, 3.05) is 0 Å². The van der Waals surface area contributed by atoms with Gasteiger partial charge in [-0.25, -0.2) is 9.97 Å². The van der Waals surface area contributed by atoms with Gasteiger partial charge >= 0.3 is 0 Å². The molecule has 0 radical (unpaired) electrons. The molecule has 0 aliphatic heterocycles. The minimum Gasteiger partial charge on any atom is -0.506 e. The van der Waals surface area contributed by atoms with Crippen LogP contribution in [-0.4, -0.2) is 19.6 Å². The first-order valence-corrected chi connectivity index (χ1v) is 15.4. The van der Waals surface area contributed by atoms with Crippen molar-refractivity contribution < 1.29 is 30.9 Å². The fraction of sp³-hybridized carbons (Fsp3) is 0.0732. The van der Waals surface area contributed by atoms with Gasteiger partial charge in [-0.05, 0) is 52.3 Å². The van der Waals surface area contributed by atoms with Gasteiger partial charge < -0.3 is 14.4 Å². The number of pyridine rings is 2. The molecule has 3 aromatic heterocycles. The molecular weight excluding hydrogens is 762 g/mol. The zero-order chi connectivity index (χ0) is 31.2. The number of hydrogen-bond donors (Lipinski definition) is 1. The number of benzene rings is 5. The monoisotopic (exact) mass is 791 g/mol. The second kappa shape index (κ2) is 12.5. The second-order valence-electron chi connectivity index (χ2n) is 11.8. The van der Waals surface area contributed by atoms with Crippen LogP contribution in [0.15, 0.2) is 134 Å².